The van der Waals surface area contributed by atoms with Crippen molar-refractivity contribution in [1.29, 1.82) is 5.26 Å². The van der Waals surface area contributed by atoms with Crippen LogP contribution in [0.1, 0.15) is 19.4 Å². The fourth-order valence-corrected chi connectivity index (χ4v) is 3.55. The van der Waals surface area contributed by atoms with Gasteiger partial charge in [0.05, 0.1) is 6.07 Å². The third kappa shape index (κ3) is 3.85. The second-order valence-corrected chi connectivity index (χ2v) is 6.29. The van der Waals surface area contributed by atoms with Gasteiger partial charge in [-0.15, -0.1) is 6.58 Å². The average molecular weight is 244 g/mol. The zero-order valence-electron chi connectivity index (χ0n) is 10.7. The van der Waals surface area contributed by atoms with Gasteiger partial charge >= 0.3 is 0 Å². The predicted octanol–water partition coefficient (Wildman–Crippen LogP) is 2.56. The fraction of sp³-hybridized carbons (Fsp3) is 0.357. The number of nitrogens with zero attached hydrogens (tertiary/aromatic N) is 1. The van der Waals surface area contributed by atoms with E-state index in [0.717, 1.165) is 6.42 Å². The third-order valence-corrected chi connectivity index (χ3v) is 4.50. The highest BCUT2D eigenvalue weighted by Crippen LogP contribution is 2.10. The van der Waals surface area contributed by atoms with E-state index in [9.17, 15) is 0 Å². The molecule has 1 rings (SSSR count). The van der Waals surface area contributed by atoms with E-state index in [0.29, 0.717) is 0 Å². The molecule has 0 fully saturated rings. The van der Waals surface area contributed by atoms with Gasteiger partial charge in [-0.25, -0.2) is 0 Å². The number of allylic oxidation sites excluding steroid dienone is 1. The van der Waals surface area contributed by atoms with E-state index >= 15 is 0 Å². The molecule has 17 heavy (non-hydrogen) atoms. The van der Waals surface area contributed by atoms with E-state index in [1.807, 2.05) is 18.2 Å². The summed E-state index contributed by atoms with van der Waals surface area (Å²) in [5.74, 6) is 0. The maximum absolute atomic E-state index is 8.99. The topological polar surface area (TPSA) is 33.0 Å². The number of rotatable bonds is 5. The molecule has 0 aliphatic heterocycles. The Morgan fingerprint density at radius 3 is 2.71 bits per heavy atom. The van der Waals surface area contributed by atoms with Gasteiger partial charge in [0.15, 0.2) is 0 Å². The molecule has 3 heteroatoms. The summed E-state index contributed by atoms with van der Waals surface area (Å²) in [7, 11) is -1.16. The van der Waals surface area contributed by atoms with E-state index in [2.05, 4.69) is 31.3 Å². The van der Waals surface area contributed by atoms with Gasteiger partial charge in [-0.3, -0.25) is 0 Å². The molecule has 0 bridgehead atoms. The number of hydrogen-bond acceptors (Lipinski definition) is 2. The molecule has 1 aromatic carbocycles. The summed E-state index contributed by atoms with van der Waals surface area (Å²) < 4.78 is 5.87. The molecule has 0 aliphatic rings. The van der Waals surface area contributed by atoms with Crippen LogP contribution in [-0.4, -0.2) is 14.6 Å². The summed E-state index contributed by atoms with van der Waals surface area (Å²) in [5.41, 5.74) is 0.525. The summed E-state index contributed by atoms with van der Waals surface area (Å²) in [4.78, 5) is 0. The second kappa shape index (κ2) is 5.81. The summed E-state index contributed by atoms with van der Waals surface area (Å²) >= 11 is 0. The van der Waals surface area contributed by atoms with E-state index in [1.54, 1.807) is 13.8 Å². The zero-order chi connectivity index (χ0) is 12.9. The first-order valence-corrected chi connectivity index (χ1v) is 7.54. The molecule has 0 saturated heterocycles. The van der Waals surface area contributed by atoms with Crippen LogP contribution in [0.3, 0.4) is 0 Å². The predicted molar refractivity (Wildman–Crippen MR) is 72.4 cm³/mol. The van der Waals surface area contributed by atoms with E-state index in [1.165, 1.54) is 10.8 Å². The van der Waals surface area contributed by atoms with Gasteiger partial charge < -0.3 is 4.43 Å². The minimum Gasteiger partial charge on any atom is -0.394 e. The molecular formula is C14H18NOSi. The van der Waals surface area contributed by atoms with Crippen molar-refractivity contribution in [2.24, 2.45) is 0 Å². The highest BCUT2D eigenvalue weighted by Gasteiger charge is 2.24. The normalized spacial score (nSPS) is 11.2. The first-order chi connectivity index (χ1) is 8.00. The van der Waals surface area contributed by atoms with E-state index in [4.69, 9.17) is 9.69 Å². The van der Waals surface area contributed by atoms with Crippen LogP contribution in [0, 0.1) is 11.3 Å². The Morgan fingerprint density at radius 1 is 1.47 bits per heavy atom. The van der Waals surface area contributed by atoms with Gasteiger partial charge in [-0.2, -0.15) is 5.26 Å². The van der Waals surface area contributed by atoms with Crippen LogP contribution in [0.15, 0.2) is 36.9 Å². The average Bonchev–Trinajstić information content (AvgIpc) is 2.29. The minimum atomic E-state index is -1.16. The maximum Gasteiger partial charge on any atom is 0.246 e. The Labute approximate surface area is 105 Å². The quantitative estimate of drug-likeness (QED) is 0.589. The lowest BCUT2D eigenvalue weighted by atomic mass is 10.1. The molecule has 0 unspecified atom stereocenters. The van der Waals surface area contributed by atoms with Crippen molar-refractivity contribution in [3.8, 4) is 6.07 Å². The molecule has 1 aromatic rings. The number of nitriles is 1. The van der Waals surface area contributed by atoms with Crippen LogP contribution < -0.4 is 5.19 Å². The molecule has 0 N–H and O–H groups in total. The highest BCUT2D eigenvalue weighted by molar-refractivity contribution is 6.66. The maximum atomic E-state index is 8.99. The standard InChI is InChI=1S/C14H18NOSi/c1-5-8-12-9-6-7-10-13(12)17(4)16-14(2,3)11-15/h5-7,9-10H,1,8H2,2-4H3. The summed E-state index contributed by atoms with van der Waals surface area (Å²) in [6.45, 7) is 9.45. The number of benzene rings is 1. The monoisotopic (exact) mass is 244 g/mol. The SMILES string of the molecule is C=CCc1ccccc1[Si](C)OC(C)(C)C#N. The third-order valence-electron chi connectivity index (χ3n) is 2.44. The van der Waals surface area contributed by atoms with Crippen molar-refractivity contribution < 1.29 is 4.43 Å². The lowest BCUT2D eigenvalue weighted by Crippen LogP contribution is -2.40. The highest BCUT2D eigenvalue weighted by atomic mass is 28.3. The van der Waals surface area contributed by atoms with Crippen LogP contribution in [-0.2, 0) is 10.8 Å². The molecule has 0 aliphatic carbocycles. The molecule has 0 saturated carbocycles. The van der Waals surface area contributed by atoms with Gasteiger partial charge in [-0.1, -0.05) is 30.3 Å². The van der Waals surface area contributed by atoms with Crippen molar-refractivity contribution >= 4 is 14.2 Å². The van der Waals surface area contributed by atoms with Crippen LogP contribution in [0.25, 0.3) is 0 Å². The Kier molecular flexibility index (Phi) is 4.68. The molecule has 2 nitrogen and oxygen atoms in total. The summed E-state index contributed by atoms with van der Waals surface area (Å²) in [6, 6.07) is 10.4. The largest absolute Gasteiger partial charge is 0.394 e. The number of hydrogen-bond donors (Lipinski definition) is 0. The Morgan fingerprint density at radius 2 is 2.12 bits per heavy atom. The van der Waals surface area contributed by atoms with Crippen LogP contribution in [0.4, 0.5) is 0 Å². The second-order valence-electron chi connectivity index (χ2n) is 4.43. The molecule has 1 radical (unpaired) electrons. The van der Waals surface area contributed by atoms with E-state index in [-0.39, 0.29) is 0 Å². The minimum absolute atomic E-state index is 0.718. The van der Waals surface area contributed by atoms with Crippen molar-refractivity contribution in [3.05, 3.63) is 42.5 Å². The fourth-order valence-electron chi connectivity index (χ4n) is 1.66. The smallest absolute Gasteiger partial charge is 0.246 e. The van der Waals surface area contributed by atoms with Crippen LogP contribution >= 0.6 is 0 Å². The molecule has 89 valence electrons. The first-order valence-electron chi connectivity index (χ1n) is 5.63. The van der Waals surface area contributed by atoms with E-state index < -0.39 is 14.6 Å². The van der Waals surface area contributed by atoms with Gasteiger partial charge in [-0.05, 0) is 37.6 Å². The van der Waals surface area contributed by atoms with Crippen molar-refractivity contribution in [3.63, 3.8) is 0 Å². The van der Waals surface area contributed by atoms with Gasteiger partial charge in [0.2, 0.25) is 9.04 Å². The Balaban J connectivity index is 2.92. The molecule has 0 amide bonds. The molecular weight excluding hydrogens is 226 g/mol. The van der Waals surface area contributed by atoms with Gasteiger partial charge in [0.1, 0.15) is 5.60 Å². The summed E-state index contributed by atoms with van der Waals surface area (Å²) in [6.07, 6.45) is 2.73. The van der Waals surface area contributed by atoms with Gasteiger partial charge in [0, 0.05) is 0 Å². The zero-order valence-corrected chi connectivity index (χ0v) is 11.7. The van der Waals surface area contributed by atoms with Crippen LogP contribution in [0.2, 0.25) is 6.55 Å². The van der Waals surface area contributed by atoms with Crippen LogP contribution in [0.5, 0.6) is 0 Å². The Hall–Kier alpha value is -1.37. The van der Waals surface area contributed by atoms with Crippen molar-refractivity contribution in [1.82, 2.24) is 0 Å². The summed E-state index contributed by atoms with van der Waals surface area (Å²) in [5, 5.41) is 10.2. The molecule has 0 atom stereocenters. The Bertz CT molecular complexity index is 434. The van der Waals surface area contributed by atoms with Crippen molar-refractivity contribution in [2.75, 3.05) is 0 Å². The molecule has 0 aromatic heterocycles. The lowest BCUT2D eigenvalue weighted by molar-refractivity contribution is 0.174. The van der Waals surface area contributed by atoms with Gasteiger partial charge in [0.25, 0.3) is 0 Å². The first kappa shape index (κ1) is 13.7. The molecule has 0 heterocycles. The lowest BCUT2D eigenvalue weighted by Gasteiger charge is -2.23. The molecule has 0 spiro atoms. The van der Waals surface area contributed by atoms with Crippen molar-refractivity contribution in [2.45, 2.75) is 32.4 Å².